The summed E-state index contributed by atoms with van der Waals surface area (Å²) in [6.07, 6.45) is 0.810. The fourth-order valence-corrected chi connectivity index (χ4v) is 1.38. The standard InChI is InChI=1S/C11H12ClFO2/c1-15-10-6-2-4-8(11(10)13)9(14)5-3-7-12/h2,4,6H,3,5,7H2,1H3. The molecule has 0 N–H and O–H groups in total. The molecule has 1 aromatic rings. The second-order valence-electron chi connectivity index (χ2n) is 3.04. The molecule has 0 spiro atoms. The van der Waals surface area contributed by atoms with Gasteiger partial charge in [0.05, 0.1) is 12.7 Å². The van der Waals surface area contributed by atoms with Gasteiger partial charge in [-0.15, -0.1) is 11.6 Å². The Morgan fingerprint density at radius 2 is 2.27 bits per heavy atom. The minimum Gasteiger partial charge on any atom is -0.494 e. The Bertz CT molecular complexity index is 352. The zero-order chi connectivity index (χ0) is 11.3. The summed E-state index contributed by atoms with van der Waals surface area (Å²) in [6.45, 7) is 0. The third-order valence-corrected chi connectivity index (χ3v) is 2.29. The molecule has 0 saturated carbocycles. The number of rotatable bonds is 5. The smallest absolute Gasteiger partial charge is 0.175 e. The van der Waals surface area contributed by atoms with E-state index in [1.54, 1.807) is 6.07 Å². The Hall–Kier alpha value is -1.09. The van der Waals surface area contributed by atoms with Crippen molar-refractivity contribution in [2.75, 3.05) is 13.0 Å². The molecule has 2 nitrogen and oxygen atoms in total. The molecule has 4 heteroatoms. The Kier molecular flexibility index (Phi) is 4.56. The minimum atomic E-state index is -0.598. The third kappa shape index (κ3) is 2.93. The summed E-state index contributed by atoms with van der Waals surface area (Å²) in [5, 5.41) is 0. The molecule has 0 radical (unpaired) electrons. The van der Waals surface area contributed by atoms with Crippen molar-refractivity contribution in [3.8, 4) is 5.75 Å². The van der Waals surface area contributed by atoms with Gasteiger partial charge in [0.15, 0.2) is 17.3 Å². The number of carbonyl (C=O) groups excluding carboxylic acids is 1. The van der Waals surface area contributed by atoms with Crippen molar-refractivity contribution in [1.82, 2.24) is 0 Å². The van der Waals surface area contributed by atoms with Crippen molar-refractivity contribution in [3.63, 3.8) is 0 Å². The molecule has 0 unspecified atom stereocenters. The molecule has 0 amide bonds. The number of alkyl halides is 1. The van der Waals surface area contributed by atoms with E-state index in [1.165, 1.54) is 19.2 Å². The predicted molar refractivity (Wildman–Crippen MR) is 57.2 cm³/mol. The van der Waals surface area contributed by atoms with Crippen molar-refractivity contribution < 1.29 is 13.9 Å². The summed E-state index contributed by atoms with van der Waals surface area (Å²) < 4.78 is 18.4. The maximum absolute atomic E-state index is 13.6. The second-order valence-corrected chi connectivity index (χ2v) is 3.42. The lowest BCUT2D eigenvalue weighted by Crippen LogP contribution is -2.04. The van der Waals surface area contributed by atoms with E-state index in [9.17, 15) is 9.18 Å². The van der Waals surface area contributed by atoms with Crippen molar-refractivity contribution >= 4 is 17.4 Å². The van der Waals surface area contributed by atoms with Gasteiger partial charge < -0.3 is 4.74 Å². The number of Topliss-reactive ketones (excluding diaryl/α,β-unsaturated/α-hetero) is 1. The number of ether oxygens (including phenoxy) is 1. The van der Waals surface area contributed by atoms with Crippen molar-refractivity contribution in [3.05, 3.63) is 29.6 Å². The molecule has 0 aliphatic rings. The first-order valence-corrected chi connectivity index (χ1v) is 5.15. The van der Waals surface area contributed by atoms with Crippen LogP contribution in [0.1, 0.15) is 23.2 Å². The molecule has 0 aliphatic heterocycles. The van der Waals surface area contributed by atoms with E-state index in [1.807, 2.05) is 0 Å². The van der Waals surface area contributed by atoms with Gasteiger partial charge in [0, 0.05) is 12.3 Å². The number of hydrogen-bond donors (Lipinski definition) is 0. The molecule has 0 saturated heterocycles. The molecular formula is C11H12ClFO2. The SMILES string of the molecule is COc1cccc(C(=O)CCCCl)c1F. The van der Waals surface area contributed by atoms with Gasteiger partial charge in [0.2, 0.25) is 0 Å². The second kappa shape index (κ2) is 5.71. The normalized spacial score (nSPS) is 10.1. The van der Waals surface area contributed by atoms with Gasteiger partial charge in [-0.1, -0.05) is 6.07 Å². The number of benzene rings is 1. The van der Waals surface area contributed by atoms with Crippen LogP contribution in [0.5, 0.6) is 5.75 Å². The highest BCUT2D eigenvalue weighted by atomic mass is 35.5. The molecule has 1 aromatic carbocycles. The number of carbonyl (C=O) groups is 1. The molecule has 15 heavy (non-hydrogen) atoms. The van der Waals surface area contributed by atoms with Crippen molar-refractivity contribution in [2.45, 2.75) is 12.8 Å². The topological polar surface area (TPSA) is 26.3 Å². The van der Waals surface area contributed by atoms with Crippen LogP contribution in [0.15, 0.2) is 18.2 Å². The first-order valence-electron chi connectivity index (χ1n) is 4.62. The number of hydrogen-bond acceptors (Lipinski definition) is 2. The first kappa shape index (κ1) is 12.0. The van der Waals surface area contributed by atoms with Gasteiger partial charge in [-0.3, -0.25) is 4.79 Å². The molecule has 0 heterocycles. The molecule has 0 aromatic heterocycles. The summed E-state index contributed by atoms with van der Waals surface area (Å²) in [4.78, 5) is 11.5. The lowest BCUT2D eigenvalue weighted by atomic mass is 10.1. The third-order valence-electron chi connectivity index (χ3n) is 2.02. The monoisotopic (exact) mass is 230 g/mol. The molecule has 0 aliphatic carbocycles. The van der Waals surface area contributed by atoms with Crippen LogP contribution in [-0.2, 0) is 0 Å². The van der Waals surface area contributed by atoms with Crippen LogP contribution < -0.4 is 4.74 Å². The van der Waals surface area contributed by atoms with Gasteiger partial charge in [-0.05, 0) is 18.6 Å². The summed E-state index contributed by atoms with van der Waals surface area (Å²) in [6, 6.07) is 4.53. The average molecular weight is 231 g/mol. The van der Waals surface area contributed by atoms with Crippen molar-refractivity contribution in [1.29, 1.82) is 0 Å². The Balaban J connectivity index is 2.89. The van der Waals surface area contributed by atoms with Crippen LogP contribution in [0.2, 0.25) is 0 Å². The maximum atomic E-state index is 13.6. The summed E-state index contributed by atoms with van der Waals surface area (Å²) >= 11 is 5.46. The molecule has 0 atom stereocenters. The van der Waals surface area contributed by atoms with E-state index in [2.05, 4.69) is 0 Å². The number of ketones is 1. The van der Waals surface area contributed by atoms with Gasteiger partial charge in [-0.25, -0.2) is 4.39 Å². The highest BCUT2D eigenvalue weighted by molar-refractivity contribution is 6.18. The van der Waals surface area contributed by atoms with Crippen LogP contribution in [0.3, 0.4) is 0 Å². The van der Waals surface area contributed by atoms with Gasteiger partial charge in [0.25, 0.3) is 0 Å². The first-order chi connectivity index (χ1) is 7.20. The molecular weight excluding hydrogens is 219 g/mol. The lowest BCUT2D eigenvalue weighted by molar-refractivity contribution is 0.0977. The maximum Gasteiger partial charge on any atom is 0.175 e. The van der Waals surface area contributed by atoms with Gasteiger partial charge >= 0.3 is 0 Å². The van der Waals surface area contributed by atoms with Crippen molar-refractivity contribution in [2.24, 2.45) is 0 Å². The zero-order valence-corrected chi connectivity index (χ0v) is 9.18. The number of methoxy groups -OCH3 is 1. The van der Waals surface area contributed by atoms with E-state index in [-0.39, 0.29) is 23.5 Å². The Morgan fingerprint density at radius 3 is 2.87 bits per heavy atom. The van der Waals surface area contributed by atoms with Crippen LogP contribution in [0.25, 0.3) is 0 Å². The number of halogens is 2. The lowest BCUT2D eigenvalue weighted by Gasteiger charge is -2.05. The Morgan fingerprint density at radius 1 is 1.53 bits per heavy atom. The van der Waals surface area contributed by atoms with E-state index < -0.39 is 5.82 Å². The highest BCUT2D eigenvalue weighted by Crippen LogP contribution is 2.21. The van der Waals surface area contributed by atoms with Crippen LogP contribution in [-0.4, -0.2) is 18.8 Å². The van der Waals surface area contributed by atoms with Gasteiger partial charge in [0.1, 0.15) is 0 Å². The van der Waals surface area contributed by atoms with E-state index in [0.717, 1.165) is 0 Å². The quantitative estimate of drug-likeness (QED) is 0.574. The fourth-order valence-electron chi connectivity index (χ4n) is 1.25. The molecule has 1 rings (SSSR count). The van der Waals surface area contributed by atoms with Gasteiger partial charge in [-0.2, -0.15) is 0 Å². The van der Waals surface area contributed by atoms with Crippen LogP contribution in [0.4, 0.5) is 4.39 Å². The van der Waals surface area contributed by atoms with E-state index in [4.69, 9.17) is 16.3 Å². The fraction of sp³-hybridized carbons (Fsp3) is 0.364. The average Bonchev–Trinajstić information content (AvgIpc) is 2.26. The zero-order valence-electron chi connectivity index (χ0n) is 8.43. The largest absolute Gasteiger partial charge is 0.494 e. The minimum absolute atomic E-state index is 0.0690. The van der Waals surface area contributed by atoms with E-state index in [0.29, 0.717) is 12.3 Å². The molecule has 82 valence electrons. The summed E-state index contributed by atoms with van der Waals surface area (Å²) in [7, 11) is 1.37. The Labute approximate surface area is 93.0 Å². The summed E-state index contributed by atoms with van der Waals surface area (Å²) in [5.41, 5.74) is 0.0690. The van der Waals surface area contributed by atoms with E-state index >= 15 is 0 Å². The summed E-state index contributed by atoms with van der Waals surface area (Å²) in [5.74, 6) is -0.351. The highest BCUT2D eigenvalue weighted by Gasteiger charge is 2.14. The van der Waals surface area contributed by atoms with Crippen LogP contribution in [0, 0.1) is 5.82 Å². The predicted octanol–water partition coefficient (Wildman–Crippen LogP) is 3.04. The van der Waals surface area contributed by atoms with Crippen LogP contribution >= 0.6 is 11.6 Å². The molecule has 0 fully saturated rings. The molecule has 0 bridgehead atoms.